The van der Waals surface area contributed by atoms with Crippen LogP contribution < -0.4 is 11.5 Å². The summed E-state index contributed by atoms with van der Waals surface area (Å²) >= 11 is 0. The summed E-state index contributed by atoms with van der Waals surface area (Å²) in [6.45, 7) is 3.58. The molecule has 0 amide bonds. The van der Waals surface area contributed by atoms with E-state index in [2.05, 4.69) is 0 Å². The fourth-order valence-corrected chi connectivity index (χ4v) is 2.33. The van der Waals surface area contributed by atoms with Crippen molar-refractivity contribution in [3.63, 3.8) is 0 Å². The van der Waals surface area contributed by atoms with Gasteiger partial charge in [0, 0.05) is 24.7 Å². The van der Waals surface area contributed by atoms with E-state index in [1.54, 1.807) is 6.92 Å². The zero-order valence-corrected chi connectivity index (χ0v) is 9.50. The van der Waals surface area contributed by atoms with E-state index < -0.39 is 0 Å². The molecule has 1 saturated heterocycles. The van der Waals surface area contributed by atoms with Crippen molar-refractivity contribution in [2.75, 3.05) is 19.8 Å². The topological polar surface area (TPSA) is 78.3 Å². The first-order valence-electron chi connectivity index (χ1n) is 5.68. The van der Waals surface area contributed by atoms with Crippen LogP contribution in [-0.4, -0.2) is 31.6 Å². The molecule has 1 unspecified atom stereocenters. The first kappa shape index (κ1) is 12.6. The van der Waals surface area contributed by atoms with Crippen LogP contribution in [0.3, 0.4) is 0 Å². The van der Waals surface area contributed by atoms with Crippen molar-refractivity contribution in [3.8, 4) is 0 Å². The van der Waals surface area contributed by atoms with Crippen LogP contribution in [0.4, 0.5) is 0 Å². The molecule has 0 saturated carbocycles. The number of hydrogen-bond acceptors (Lipinski definition) is 4. The highest BCUT2D eigenvalue weighted by atomic mass is 16.5. The molecular formula is C11H22N2O2. The molecular weight excluding hydrogens is 192 g/mol. The maximum Gasteiger partial charge on any atom is 0.137 e. The minimum Gasteiger partial charge on any atom is -0.381 e. The number of hydrogen-bond donors (Lipinski definition) is 2. The minimum atomic E-state index is -0.354. The summed E-state index contributed by atoms with van der Waals surface area (Å²) in [4.78, 5) is 11.8. The Morgan fingerprint density at radius 1 is 1.47 bits per heavy atom. The van der Waals surface area contributed by atoms with E-state index >= 15 is 0 Å². The molecule has 0 aromatic heterocycles. The first-order chi connectivity index (χ1) is 7.13. The van der Waals surface area contributed by atoms with Gasteiger partial charge in [-0.15, -0.1) is 0 Å². The number of Topliss-reactive ketones (excluding diaryl/α,β-unsaturated/α-hetero) is 1. The number of nitrogens with two attached hydrogens (primary N) is 2. The highest BCUT2D eigenvalue weighted by molar-refractivity contribution is 5.83. The Labute approximate surface area is 91.3 Å². The molecule has 0 bridgehead atoms. The van der Waals surface area contributed by atoms with Crippen LogP contribution in [-0.2, 0) is 9.53 Å². The predicted octanol–water partition coefficient (Wildman–Crippen LogP) is 0.438. The molecule has 0 spiro atoms. The van der Waals surface area contributed by atoms with E-state index in [9.17, 15) is 4.79 Å². The summed E-state index contributed by atoms with van der Waals surface area (Å²) in [6.07, 6.45) is 3.23. The van der Waals surface area contributed by atoms with Crippen molar-refractivity contribution in [2.45, 2.75) is 38.6 Å². The summed E-state index contributed by atoms with van der Waals surface area (Å²) in [6, 6.07) is -0.0672. The quantitative estimate of drug-likeness (QED) is 0.696. The predicted molar refractivity (Wildman–Crippen MR) is 59.4 cm³/mol. The number of carbonyl (C=O) groups excluding carboxylic acids is 1. The molecule has 0 aliphatic carbocycles. The number of rotatable bonds is 5. The third-order valence-electron chi connectivity index (χ3n) is 3.52. The highest BCUT2D eigenvalue weighted by Gasteiger charge is 2.42. The molecule has 15 heavy (non-hydrogen) atoms. The molecule has 4 N–H and O–H groups in total. The zero-order chi connectivity index (χ0) is 11.3. The Morgan fingerprint density at radius 3 is 2.53 bits per heavy atom. The van der Waals surface area contributed by atoms with E-state index in [0.717, 1.165) is 25.7 Å². The Morgan fingerprint density at radius 2 is 2.07 bits per heavy atom. The molecule has 4 heteroatoms. The number of carbonyl (C=O) groups is 1. The second-order valence-corrected chi connectivity index (χ2v) is 4.36. The molecule has 1 fully saturated rings. The van der Waals surface area contributed by atoms with Crippen molar-refractivity contribution >= 4 is 5.78 Å². The molecule has 0 radical (unpaired) electrons. The van der Waals surface area contributed by atoms with Crippen LogP contribution in [0.5, 0.6) is 0 Å². The SMILES string of the molecule is CC(=O)C1(C(N)CCCN)CCOCC1. The maximum atomic E-state index is 11.8. The molecule has 0 aromatic rings. The monoisotopic (exact) mass is 214 g/mol. The fraction of sp³-hybridized carbons (Fsp3) is 0.909. The van der Waals surface area contributed by atoms with Crippen LogP contribution in [0.25, 0.3) is 0 Å². The van der Waals surface area contributed by atoms with E-state index in [4.69, 9.17) is 16.2 Å². The summed E-state index contributed by atoms with van der Waals surface area (Å²) in [5.41, 5.74) is 11.2. The van der Waals surface area contributed by atoms with Gasteiger partial charge in [-0.25, -0.2) is 0 Å². The Bertz CT molecular complexity index is 213. The molecule has 1 aliphatic heterocycles. The van der Waals surface area contributed by atoms with E-state index in [1.165, 1.54) is 0 Å². The molecule has 88 valence electrons. The highest BCUT2D eigenvalue weighted by Crippen LogP contribution is 2.35. The lowest BCUT2D eigenvalue weighted by atomic mass is 9.70. The van der Waals surface area contributed by atoms with Gasteiger partial charge in [-0.3, -0.25) is 4.79 Å². The van der Waals surface area contributed by atoms with Crippen LogP contribution in [0.15, 0.2) is 0 Å². The third kappa shape index (κ3) is 2.77. The van der Waals surface area contributed by atoms with Crippen molar-refractivity contribution in [1.82, 2.24) is 0 Å². The summed E-state index contributed by atoms with van der Waals surface area (Å²) in [5, 5.41) is 0. The van der Waals surface area contributed by atoms with Gasteiger partial charge in [0.25, 0.3) is 0 Å². The third-order valence-corrected chi connectivity index (χ3v) is 3.52. The van der Waals surface area contributed by atoms with Crippen molar-refractivity contribution in [3.05, 3.63) is 0 Å². The molecule has 0 aromatic carbocycles. The van der Waals surface area contributed by atoms with E-state index in [-0.39, 0.29) is 17.2 Å². The Balaban J connectivity index is 2.66. The molecule has 1 aliphatic rings. The van der Waals surface area contributed by atoms with E-state index in [1.807, 2.05) is 0 Å². The summed E-state index contributed by atoms with van der Waals surface area (Å²) in [7, 11) is 0. The summed E-state index contributed by atoms with van der Waals surface area (Å²) < 4.78 is 5.30. The van der Waals surface area contributed by atoms with Crippen molar-refractivity contribution in [2.24, 2.45) is 16.9 Å². The van der Waals surface area contributed by atoms with Crippen LogP contribution >= 0.6 is 0 Å². The lowest BCUT2D eigenvalue weighted by Gasteiger charge is -2.39. The van der Waals surface area contributed by atoms with Gasteiger partial charge in [0.15, 0.2) is 0 Å². The smallest absolute Gasteiger partial charge is 0.137 e. The average molecular weight is 214 g/mol. The van der Waals surface area contributed by atoms with Crippen molar-refractivity contribution < 1.29 is 9.53 Å². The van der Waals surface area contributed by atoms with Crippen molar-refractivity contribution in [1.29, 1.82) is 0 Å². The van der Waals surface area contributed by atoms with Gasteiger partial charge < -0.3 is 16.2 Å². The average Bonchev–Trinajstić information content (AvgIpc) is 2.26. The number of ketones is 1. The van der Waals surface area contributed by atoms with Gasteiger partial charge >= 0.3 is 0 Å². The molecule has 4 nitrogen and oxygen atoms in total. The van der Waals surface area contributed by atoms with E-state index in [0.29, 0.717) is 19.8 Å². The second kappa shape index (κ2) is 5.58. The van der Waals surface area contributed by atoms with Gasteiger partial charge in [0.1, 0.15) is 5.78 Å². The largest absolute Gasteiger partial charge is 0.381 e. The normalized spacial score (nSPS) is 22.3. The Kier molecular flexibility index (Phi) is 4.70. The molecule has 1 rings (SSSR count). The van der Waals surface area contributed by atoms with Gasteiger partial charge in [-0.05, 0) is 39.2 Å². The second-order valence-electron chi connectivity index (χ2n) is 4.36. The lowest BCUT2D eigenvalue weighted by molar-refractivity contribution is -0.134. The van der Waals surface area contributed by atoms with Gasteiger partial charge in [0.2, 0.25) is 0 Å². The lowest BCUT2D eigenvalue weighted by Crippen LogP contribution is -2.50. The zero-order valence-electron chi connectivity index (χ0n) is 9.50. The molecule has 1 heterocycles. The number of ether oxygens (including phenoxy) is 1. The maximum absolute atomic E-state index is 11.8. The first-order valence-corrected chi connectivity index (χ1v) is 5.68. The van der Waals surface area contributed by atoms with Crippen LogP contribution in [0.1, 0.15) is 32.6 Å². The fourth-order valence-electron chi connectivity index (χ4n) is 2.33. The minimum absolute atomic E-state index is 0.0672. The van der Waals surface area contributed by atoms with Crippen LogP contribution in [0.2, 0.25) is 0 Å². The van der Waals surface area contributed by atoms with Crippen LogP contribution in [0, 0.1) is 5.41 Å². The van der Waals surface area contributed by atoms with Gasteiger partial charge in [-0.1, -0.05) is 0 Å². The Hall–Kier alpha value is -0.450. The molecule has 1 atom stereocenters. The summed E-state index contributed by atoms with van der Waals surface area (Å²) in [5.74, 6) is 0.204. The standard InChI is InChI=1S/C11H22N2O2/c1-9(14)11(4-7-15-8-5-11)10(13)3-2-6-12/h10H,2-8,12-13H2,1H3. The van der Waals surface area contributed by atoms with Gasteiger partial charge in [-0.2, -0.15) is 0 Å². The van der Waals surface area contributed by atoms with Gasteiger partial charge in [0.05, 0.1) is 0 Å².